The zero-order valence-corrected chi connectivity index (χ0v) is 16.1. The number of Topliss-reactive ketones (excluding diaryl/α,β-unsaturated/α-hetero) is 1. The lowest BCUT2D eigenvalue weighted by Gasteiger charge is -2.10. The third-order valence-corrected chi connectivity index (χ3v) is 4.38. The minimum atomic E-state index is -0.0929. The molecule has 0 aromatic heterocycles. The molecule has 0 spiro atoms. The fourth-order valence-electron chi connectivity index (χ4n) is 2.34. The summed E-state index contributed by atoms with van der Waals surface area (Å²) in [6.45, 7) is 4.07. The highest BCUT2D eigenvalue weighted by Crippen LogP contribution is 2.26. The van der Waals surface area contributed by atoms with Gasteiger partial charge in [0.1, 0.15) is 5.75 Å². The van der Waals surface area contributed by atoms with Crippen LogP contribution in [0.15, 0.2) is 46.9 Å². The second-order valence-electron chi connectivity index (χ2n) is 5.76. The fraction of sp³-hybridized carbons (Fsp3) is 0.300. The monoisotopic (exact) mass is 403 g/mol. The Bertz CT molecular complexity index is 758. The van der Waals surface area contributed by atoms with E-state index in [4.69, 9.17) is 4.74 Å². The van der Waals surface area contributed by atoms with Crippen LogP contribution in [0.25, 0.3) is 0 Å². The van der Waals surface area contributed by atoms with Crippen LogP contribution >= 0.6 is 15.9 Å². The highest BCUT2D eigenvalue weighted by atomic mass is 79.9. The lowest BCUT2D eigenvalue weighted by Crippen LogP contribution is -2.13. The number of ether oxygens (including phenoxy) is 1. The smallest absolute Gasteiger partial charge is 0.224 e. The van der Waals surface area contributed by atoms with Crippen LogP contribution < -0.4 is 10.1 Å². The predicted molar refractivity (Wildman–Crippen MR) is 103 cm³/mol. The van der Waals surface area contributed by atoms with Crippen molar-refractivity contribution in [2.75, 3.05) is 11.9 Å². The summed E-state index contributed by atoms with van der Waals surface area (Å²) < 4.78 is 6.64. The number of amides is 1. The van der Waals surface area contributed by atoms with E-state index < -0.39 is 0 Å². The van der Waals surface area contributed by atoms with Crippen molar-refractivity contribution in [2.45, 2.75) is 33.1 Å². The normalized spacial score (nSPS) is 10.4. The zero-order valence-electron chi connectivity index (χ0n) is 14.5. The lowest BCUT2D eigenvalue weighted by molar-refractivity contribution is -0.116. The first-order valence-corrected chi connectivity index (χ1v) is 9.11. The third-order valence-electron chi connectivity index (χ3n) is 3.76. The van der Waals surface area contributed by atoms with Gasteiger partial charge in [0, 0.05) is 17.7 Å². The molecule has 0 bridgehead atoms. The van der Waals surface area contributed by atoms with Crippen molar-refractivity contribution in [3.63, 3.8) is 0 Å². The molecule has 0 atom stereocenters. The number of carbonyl (C=O) groups is 2. The summed E-state index contributed by atoms with van der Waals surface area (Å²) in [5.41, 5.74) is 2.46. The van der Waals surface area contributed by atoms with Crippen LogP contribution in [-0.2, 0) is 11.2 Å². The summed E-state index contributed by atoms with van der Waals surface area (Å²) in [6, 6.07) is 13.0. The van der Waals surface area contributed by atoms with Crippen molar-refractivity contribution in [2.24, 2.45) is 0 Å². The Kier molecular flexibility index (Phi) is 7.19. The van der Waals surface area contributed by atoms with Gasteiger partial charge in [-0.25, -0.2) is 0 Å². The molecular formula is C20H22BrNO3. The van der Waals surface area contributed by atoms with Gasteiger partial charge in [-0.1, -0.05) is 25.1 Å². The van der Waals surface area contributed by atoms with Gasteiger partial charge in [0.15, 0.2) is 5.78 Å². The van der Waals surface area contributed by atoms with Crippen LogP contribution in [0.3, 0.4) is 0 Å². The molecule has 2 rings (SSSR count). The second kappa shape index (κ2) is 9.37. The van der Waals surface area contributed by atoms with Crippen LogP contribution in [0.4, 0.5) is 5.69 Å². The van der Waals surface area contributed by atoms with Gasteiger partial charge in [-0.15, -0.1) is 0 Å². The molecule has 1 amide bonds. The molecule has 0 aliphatic rings. The zero-order chi connectivity index (χ0) is 18.2. The first-order chi connectivity index (χ1) is 12.0. The standard InChI is InChI=1S/C20H22BrNO3/c1-3-15-9-10-19(18(21)12-15)25-11-5-8-20(24)22-17-7-4-6-16(13-17)14(2)23/h4,6-7,9-10,12-13H,3,5,8,11H2,1-2H3,(H,22,24). The maximum atomic E-state index is 12.0. The minimum Gasteiger partial charge on any atom is -0.492 e. The van der Waals surface area contributed by atoms with Crippen molar-refractivity contribution >= 4 is 33.3 Å². The van der Waals surface area contributed by atoms with E-state index in [0.717, 1.165) is 16.6 Å². The van der Waals surface area contributed by atoms with Crippen molar-refractivity contribution in [3.8, 4) is 5.75 Å². The summed E-state index contributed by atoms with van der Waals surface area (Å²) in [6.07, 6.45) is 1.94. The van der Waals surface area contributed by atoms with Crippen molar-refractivity contribution < 1.29 is 14.3 Å². The van der Waals surface area contributed by atoms with E-state index in [0.29, 0.717) is 30.7 Å². The van der Waals surface area contributed by atoms with Crippen LogP contribution in [0, 0.1) is 0 Å². The van der Waals surface area contributed by atoms with Gasteiger partial charge in [-0.3, -0.25) is 9.59 Å². The van der Waals surface area contributed by atoms with Gasteiger partial charge in [-0.05, 0) is 65.5 Å². The Labute approximate surface area is 156 Å². The van der Waals surface area contributed by atoms with Crippen molar-refractivity contribution in [1.29, 1.82) is 0 Å². The Morgan fingerprint density at radius 2 is 1.96 bits per heavy atom. The van der Waals surface area contributed by atoms with Gasteiger partial charge in [0.05, 0.1) is 11.1 Å². The Morgan fingerprint density at radius 3 is 2.64 bits per heavy atom. The molecular weight excluding hydrogens is 382 g/mol. The lowest BCUT2D eigenvalue weighted by atomic mass is 10.1. The summed E-state index contributed by atoms with van der Waals surface area (Å²) >= 11 is 3.50. The maximum absolute atomic E-state index is 12.0. The average Bonchev–Trinajstić information content (AvgIpc) is 2.59. The van der Waals surface area contributed by atoms with E-state index >= 15 is 0 Å². The van der Waals surface area contributed by atoms with Crippen LogP contribution in [0.2, 0.25) is 0 Å². The fourth-order valence-corrected chi connectivity index (χ4v) is 2.88. The Balaban J connectivity index is 1.77. The van der Waals surface area contributed by atoms with E-state index in [2.05, 4.69) is 28.2 Å². The third kappa shape index (κ3) is 6.02. The van der Waals surface area contributed by atoms with Crippen LogP contribution in [0.5, 0.6) is 5.75 Å². The van der Waals surface area contributed by atoms with E-state index in [1.165, 1.54) is 12.5 Å². The summed E-state index contributed by atoms with van der Waals surface area (Å²) in [5, 5.41) is 2.81. The number of benzene rings is 2. The number of rotatable bonds is 8. The predicted octanol–water partition coefficient (Wildman–Crippen LogP) is 5.01. The molecule has 4 nitrogen and oxygen atoms in total. The number of hydrogen-bond donors (Lipinski definition) is 1. The number of nitrogens with one attached hydrogen (secondary N) is 1. The molecule has 0 saturated heterocycles. The molecule has 0 unspecified atom stereocenters. The molecule has 25 heavy (non-hydrogen) atoms. The second-order valence-corrected chi connectivity index (χ2v) is 6.61. The molecule has 0 aliphatic carbocycles. The molecule has 0 fully saturated rings. The number of aryl methyl sites for hydroxylation is 1. The van der Waals surface area contributed by atoms with Crippen LogP contribution in [0.1, 0.15) is 42.6 Å². The van der Waals surface area contributed by atoms with E-state index in [1.54, 1.807) is 24.3 Å². The first kappa shape index (κ1) is 19.2. The van der Waals surface area contributed by atoms with E-state index in [-0.39, 0.29) is 11.7 Å². The van der Waals surface area contributed by atoms with Gasteiger partial charge >= 0.3 is 0 Å². The van der Waals surface area contributed by atoms with Gasteiger partial charge < -0.3 is 10.1 Å². The van der Waals surface area contributed by atoms with Gasteiger partial charge in [-0.2, -0.15) is 0 Å². The quantitative estimate of drug-likeness (QED) is 0.497. The van der Waals surface area contributed by atoms with Crippen molar-refractivity contribution in [1.82, 2.24) is 0 Å². The molecule has 0 aliphatic heterocycles. The number of hydrogen-bond acceptors (Lipinski definition) is 3. The van der Waals surface area contributed by atoms with Gasteiger partial charge in [0.2, 0.25) is 5.91 Å². The topological polar surface area (TPSA) is 55.4 Å². The SMILES string of the molecule is CCc1ccc(OCCCC(=O)Nc2cccc(C(C)=O)c2)c(Br)c1. The van der Waals surface area contributed by atoms with E-state index in [9.17, 15) is 9.59 Å². The largest absolute Gasteiger partial charge is 0.492 e. The number of halogens is 1. The van der Waals surface area contributed by atoms with Crippen molar-refractivity contribution in [3.05, 3.63) is 58.1 Å². The summed E-state index contributed by atoms with van der Waals surface area (Å²) in [5.74, 6) is 0.667. The van der Waals surface area contributed by atoms with Crippen LogP contribution in [-0.4, -0.2) is 18.3 Å². The summed E-state index contributed by atoms with van der Waals surface area (Å²) in [4.78, 5) is 23.4. The summed E-state index contributed by atoms with van der Waals surface area (Å²) in [7, 11) is 0. The number of carbonyl (C=O) groups excluding carboxylic acids is 2. The highest BCUT2D eigenvalue weighted by molar-refractivity contribution is 9.10. The molecule has 0 radical (unpaired) electrons. The molecule has 1 N–H and O–H groups in total. The Hall–Kier alpha value is -2.14. The van der Waals surface area contributed by atoms with E-state index in [1.807, 2.05) is 18.2 Å². The molecule has 0 heterocycles. The minimum absolute atomic E-state index is 0.0239. The Morgan fingerprint density at radius 1 is 1.16 bits per heavy atom. The molecule has 132 valence electrons. The van der Waals surface area contributed by atoms with Gasteiger partial charge in [0.25, 0.3) is 0 Å². The molecule has 2 aromatic rings. The first-order valence-electron chi connectivity index (χ1n) is 8.31. The average molecular weight is 404 g/mol. The maximum Gasteiger partial charge on any atom is 0.224 e. The number of anilines is 1. The molecule has 2 aromatic carbocycles. The number of ketones is 1. The highest BCUT2D eigenvalue weighted by Gasteiger charge is 2.06. The molecule has 5 heteroatoms. The molecule has 0 saturated carbocycles.